The lowest BCUT2D eigenvalue weighted by molar-refractivity contribution is 0.226. The van der Waals surface area contributed by atoms with Crippen LogP contribution in [-0.2, 0) is 6.54 Å². The highest BCUT2D eigenvalue weighted by Gasteiger charge is 2.04. The van der Waals surface area contributed by atoms with E-state index in [1.54, 1.807) is 30.3 Å². The molecule has 0 aliphatic carbocycles. The van der Waals surface area contributed by atoms with E-state index in [1.165, 1.54) is 18.2 Å². The molecule has 0 saturated heterocycles. The van der Waals surface area contributed by atoms with E-state index in [0.717, 1.165) is 5.56 Å². The molecule has 0 amide bonds. The summed E-state index contributed by atoms with van der Waals surface area (Å²) in [6.45, 7) is 1.76. The number of hydrogen-bond acceptors (Lipinski definition) is 2. The first-order valence-electron chi connectivity index (χ1n) is 6.45. The number of para-hydroxylation sites is 1. The summed E-state index contributed by atoms with van der Waals surface area (Å²) in [5.41, 5.74) is 1.03. The molecule has 0 aliphatic heterocycles. The summed E-state index contributed by atoms with van der Waals surface area (Å²) in [6, 6.07) is 12.7. The maximum atomic E-state index is 13.3. The van der Waals surface area contributed by atoms with Crippen molar-refractivity contribution in [2.45, 2.75) is 6.54 Å². The zero-order valence-electron chi connectivity index (χ0n) is 11.4. The fourth-order valence-electron chi connectivity index (χ4n) is 1.85. The molecule has 0 fully saturated rings. The van der Waals surface area contributed by atoms with Crippen molar-refractivity contribution in [3.63, 3.8) is 0 Å². The molecule has 2 aromatic carbocycles. The molecule has 2 nitrogen and oxygen atoms in total. The number of rotatable bonds is 6. The van der Waals surface area contributed by atoms with Crippen LogP contribution in [0.3, 0.4) is 0 Å². The number of halogens is 2. The summed E-state index contributed by atoms with van der Waals surface area (Å²) in [5, 5.41) is 0. The van der Waals surface area contributed by atoms with Gasteiger partial charge in [-0.05, 0) is 36.9 Å². The second kappa shape index (κ2) is 7.01. The van der Waals surface area contributed by atoms with E-state index < -0.39 is 0 Å². The zero-order chi connectivity index (χ0) is 14.4. The molecule has 0 radical (unpaired) electrons. The Morgan fingerprint density at radius 1 is 1.00 bits per heavy atom. The summed E-state index contributed by atoms with van der Waals surface area (Å²) in [4.78, 5) is 2.04. The van der Waals surface area contributed by atoms with Crippen LogP contribution in [0.25, 0.3) is 0 Å². The van der Waals surface area contributed by atoms with Gasteiger partial charge in [-0.2, -0.15) is 0 Å². The summed E-state index contributed by atoms with van der Waals surface area (Å²) in [7, 11) is 1.94. The van der Waals surface area contributed by atoms with Gasteiger partial charge in [-0.25, -0.2) is 8.78 Å². The van der Waals surface area contributed by atoms with Crippen molar-refractivity contribution in [2.24, 2.45) is 0 Å². The maximum Gasteiger partial charge on any atom is 0.165 e. The van der Waals surface area contributed by atoms with E-state index in [4.69, 9.17) is 4.74 Å². The molecule has 0 atom stereocenters. The molecule has 2 aromatic rings. The van der Waals surface area contributed by atoms with Crippen LogP contribution in [0.4, 0.5) is 8.78 Å². The Morgan fingerprint density at radius 3 is 2.40 bits per heavy atom. The van der Waals surface area contributed by atoms with Crippen molar-refractivity contribution in [2.75, 3.05) is 20.2 Å². The average Bonchev–Trinajstić information content (AvgIpc) is 2.43. The molecule has 2 rings (SSSR count). The SMILES string of the molecule is CN(CCOc1ccccc1F)Cc1ccc(F)cc1. The van der Waals surface area contributed by atoms with Crippen molar-refractivity contribution in [1.29, 1.82) is 0 Å². The normalized spacial score (nSPS) is 10.8. The minimum absolute atomic E-state index is 0.237. The van der Waals surface area contributed by atoms with Gasteiger partial charge in [0.25, 0.3) is 0 Å². The first-order chi connectivity index (χ1) is 9.65. The largest absolute Gasteiger partial charge is 0.489 e. The number of hydrogen-bond donors (Lipinski definition) is 0. The molecule has 0 spiro atoms. The van der Waals surface area contributed by atoms with Crippen molar-refractivity contribution in [3.8, 4) is 5.75 Å². The first kappa shape index (κ1) is 14.5. The van der Waals surface area contributed by atoms with Crippen LogP contribution >= 0.6 is 0 Å². The number of benzene rings is 2. The Balaban J connectivity index is 1.76. The molecule has 106 valence electrons. The molecular formula is C16H17F2NO. The van der Waals surface area contributed by atoms with Gasteiger partial charge in [-0.1, -0.05) is 24.3 Å². The smallest absolute Gasteiger partial charge is 0.165 e. The predicted molar refractivity (Wildman–Crippen MR) is 74.6 cm³/mol. The fraction of sp³-hybridized carbons (Fsp3) is 0.250. The summed E-state index contributed by atoms with van der Waals surface area (Å²) < 4.78 is 31.5. The lowest BCUT2D eigenvalue weighted by Gasteiger charge is -2.17. The third kappa shape index (κ3) is 4.31. The van der Waals surface area contributed by atoms with Crippen molar-refractivity contribution in [1.82, 2.24) is 4.90 Å². The highest BCUT2D eigenvalue weighted by atomic mass is 19.1. The quantitative estimate of drug-likeness (QED) is 0.801. The summed E-state index contributed by atoms with van der Waals surface area (Å²) >= 11 is 0. The van der Waals surface area contributed by atoms with Crippen LogP contribution in [-0.4, -0.2) is 25.1 Å². The van der Waals surface area contributed by atoms with Crippen molar-refractivity contribution in [3.05, 3.63) is 65.7 Å². The third-order valence-electron chi connectivity index (χ3n) is 2.93. The monoisotopic (exact) mass is 277 g/mol. The fourth-order valence-corrected chi connectivity index (χ4v) is 1.85. The van der Waals surface area contributed by atoms with Gasteiger partial charge in [-0.3, -0.25) is 4.90 Å². The van der Waals surface area contributed by atoms with Crippen LogP contribution in [0, 0.1) is 11.6 Å². The Labute approximate surface area is 117 Å². The highest BCUT2D eigenvalue weighted by molar-refractivity contribution is 5.23. The Morgan fingerprint density at radius 2 is 1.70 bits per heavy atom. The first-order valence-corrected chi connectivity index (χ1v) is 6.45. The van der Waals surface area contributed by atoms with E-state index in [9.17, 15) is 8.78 Å². The Bertz CT molecular complexity index is 542. The molecule has 4 heteroatoms. The van der Waals surface area contributed by atoms with E-state index in [1.807, 2.05) is 11.9 Å². The van der Waals surface area contributed by atoms with E-state index in [2.05, 4.69) is 0 Å². The minimum atomic E-state index is -0.353. The van der Waals surface area contributed by atoms with Crippen molar-refractivity contribution < 1.29 is 13.5 Å². The Hall–Kier alpha value is -1.94. The molecule has 20 heavy (non-hydrogen) atoms. The van der Waals surface area contributed by atoms with Gasteiger partial charge in [0.1, 0.15) is 12.4 Å². The topological polar surface area (TPSA) is 12.5 Å². The second-order valence-corrected chi connectivity index (χ2v) is 4.64. The minimum Gasteiger partial charge on any atom is -0.489 e. The maximum absolute atomic E-state index is 13.3. The molecule has 0 saturated carbocycles. The molecule has 0 heterocycles. The number of ether oxygens (including phenoxy) is 1. The lowest BCUT2D eigenvalue weighted by atomic mass is 10.2. The Kier molecular flexibility index (Phi) is 5.07. The van der Waals surface area contributed by atoms with Crippen LogP contribution in [0.1, 0.15) is 5.56 Å². The average molecular weight is 277 g/mol. The lowest BCUT2D eigenvalue weighted by Crippen LogP contribution is -2.24. The van der Waals surface area contributed by atoms with E-state index in [0.29, 0.717) is 19.7 Å². The summed E-state index contributed by atoms with van der Waals surface area (Å²) in [5.74, 6) is -0.323. The standard InChI is InChI=1S/C16H17F2NO/c1-19(12-13-6-8-14(17)9-7-13)10-11-20-16-5-3-2-4-15(16)18/h2-9H,10-12H2,1H3. The van der Waals surface area contributed by atoms with Gasteiger partial charge in [0.15, 0.2) is 11.6 Å². The van der Waals surface area contributed by atoms with Crippen molar-refractivity contribution >= 4 is 0 Å². The molecule has 0 aromatic heterocycles. The number of likely N-dealkylation sites (N-methyl/N-ethyl adjacent to an activating group) is 1. The number of nitrogens with zero attached hydrogens (tertiary/aromatic N) is 1. The molecular weight excluding hydrogens is 260 g/mol. The van der Waals surface area contributed by atoms with Gasteiger partial charge in [0, 0.05) is 13.1 Å². The van der Waals surface area contributed by atoms with Gasteiger partial charge >= 0.3 is 0 Å². The molecule has 0 N–H and O–H groups in total. The summed E-state index contributed by atoms with van der Waals surface area (Å²) in [6.07, 6.45) is 0. The van der Waals surface area contributed by atoms with Gasteiger partial charge in [0.05, 0.1) is 0 Å². The van der Waals surface area contributed by atoms with Crippen LogP contribution in [0.2, 0.25) is 0 Å². The predicted octanol–water partition coefficient (Wildman–Crippen LogP) is 3.48. The van der Waals surface area contributed by atoms with Gasteiger partial charge in [-0.15, -0.1) is 0 Å². The van der Waals surface area contributed by atoms with Gasteiger partial charge < -0.3 is 4.74 Å². The highest BCUT2D eigenvalue weighted by Crippen LogP contribution is 2.15. The van der Waals surface area contributed by atoms with Crippen LogP contribution in [0.5, 0.6) is 5.75 Å². The third-order valence-corrected chi connectivity index (χ3v) is 2.93. The zero-order valence-corrected chi connectivity index (χ0v) is 11.4. The van der Waals surface area contributed by atoms with Crippen LogP contribution in [0.15, 0.2) is 48.5 Å². The molecule has 0 unspecified atom stereocenters. The second-order valence-electron chi connectivity index (χ2n) is 4.64. The van der Waals surface area contributed by atoms with Gasteiger partial charge in [0.2, 0.25) is 0 Å². The van der Waals surface area contributed by atoms with Crippen LogP contribution < -0.4 is 4.74 Å². The van der Waals surface area contributed by atoms with E-state index >= 15 is 0 Å². The van der Waals surface area contributed by atoms with E-state index in [-0.39, 0.29) is 17.4 Å². The molecule has 0 aliphatic rings. The molecule has 0 bridgehead atoms.